The highest BCUT2D eigenvalue weighted by molar-refractivity contribution is 6.07. The number of hydrogen-bond donors (Lipinski definition) is 1. The van der Waals surface area contributed by atoms with E-state index < -0.39 is 5.54 Å². The topological polar surface area (TPSA) is 81.2 Å². The fourth-order valence-corrected chi connectivity index (χ4v) is 4.44. The fraction of sp³-hybridized carbons (Fsp3) is 0.591. The van der Waals surface area contributed by atoms with E-state index in [1.807, 2.05) is 27.7 Å². The zero-order valence-electron chi connectivity index (χ0n) is 17.7. The van der Waals surface area contributed by atoms with Gasteiger partial charge in [-0.3, -0.25) is 14.5 Å². The molecule has 1 unspecified atom stereocenters. The van der Waals surface area contributed by atoms with Crippen LogP contribution >= 0.6 is 0 Å². The number of benzene rings is 1. The molecule has 2 saturated heterocycles. The molecule has 1 aromatic rings. The van der Waals surface area contributed by atoms with Gasteiger partial charge in [-0.1, -0.05) is 26.0 Å². The Morgan fingerprint density at radius 3 is 2.21 bits per heavy atom. The van der Waals surface area contributed by atoms with E-state index >= 15 is 0 Å². The summed E-state index contributed by atoms with van der Waals surface area (Å²) >= 11 is 0. The van der Waals surface area contributed by atoms with Crippen molar-refractivity contribution in [3.63, 3.8) is 0 Å². The predicted molar refractivity (Wildman–Crippen MR) is 109 cm³/mol. The number of imide groups is 1. The summed E-state index contributed by atoms with van der Waals surface area (Å²) in [6.45, 7) is 9.57. The Balaban J connectivity index is 1.75. The lowest BCUT2D eigenvalue weighted by Crippen LogP contribution is -2.58. The number of phenolic OH excluding ortho intramolecular Hbond substituents is 1. The molecule has 2 aliphatic heterocycles. The van der Waals surface area contributed by atoms with Gasteiger partial charge in [-0.05, 0) is 50.3 Å². The number of urea groups is 1. The minimum absolute atomic E-state index is 0.00469. The summed E-state index contributed by atoms with van der Waals surface area (Å²) in [6, 6.07) is 6.47. The van der Waals surface area contributed by atoms with Crippen molar-refractivity contribution >= 4 is 17.8 Å². The van der Waals surface area contributed by atoms with Crippen molar-refractivity contribution in [3.8, 4) is 5.75 Å². The lowest BCUT2D eigenvalue weighted by Gasteiger charge is -2.43. The highest BCUT2D eigenvalue weighted by Gasteiger charge is 2.57. The Labute approximate surface area is 172 Å². The van der Waals surface area contributed by atoms with Gasteiger partial charge in [0.2, 0.25) is 5.91 Å². The van der Waals surface area contributed by atoms with Crippen molar-refractivity contribution in [3.05, 3.63) is 29.8 Å². The smallest absolute Gasteiger partial charge is 0.327 e. The molecular weight excluding hydrogens is 370 g/mol. The van der Waals surface area contributed by atoms with Crippen molar-refractivity contribution in [2.75, 3.05) is 26.2 Å². The van der Waals surface area contributed by atoms with Crippen molar-refractivity contribution in [2.45, 2.75) is 52.0 Å². The van der Waals surface area contributed by atoms with Crippen molar-refractivity contribution in [1.82, 2.24) is 14.7 Å². The average molecular weight is 402 g/mol. The number of carbonyl (C=O) groups is 3. The first-order valence-corrected chi connectivity index (χ1v) is 10.4. The molecule has 29 heavy (non-hydrogen) atoms. The lowest BCUT2D eigenvalue weighted by molar-refractivity contribution is -0.141. The van der Waals surface area contributed by atoms with Crippen LogP contribution in [0.3, 0.4) is 0 Å². The molecule has 1 N–H and O–H groups in total. The number of piperidine rings is 1. The minimum Gasteiger partial charge on any atom is -0.508 e. The number of carbonyl (C=O) groups excluding carboxylic acids is 3. The molecule has 0 bridgehead atoms. The monoisotopic (exact) mass is 401 g/mol. The number of phenols is 1. The van der Waals surface area contributed by atoms with Crippen LogP contribution in [0.2, 0.25) is 0 Å². The summed E-state index contributed by atoms with van der Waals surface area (Å²) < 4.78 is 0. The summed E-state index contributed by atoms with van der Waals surface area (Å²) in [7, 11) is 0. The number of amides is 4. The van der Waals surface area contributed by atoms with Crippen LogP contribution in [0.25, 0.3) is 0 Å². The molecule has 2 aliphatic rings. The van der Waals surface area contributed by atoms with Crippen LogP contribution < -0.4 is 0 Å². The third kappa shape index (κ3) is 3.70. The molecule has 1 aromatic carbocycles. The molecule has 0 saturated carbocycles. The molecule has 4 amide bonds. The highest BCUT2D eigenvalue weighted by Crippen LogP contribution is 2.38. The SMILES string of the molecule is CCN1C(=O)N(CC(C)C)C2(CCN(C(=O)C(C)c3ccc(O)cc3)CC2)C1=O. The quantitative estimate of drug-likeness (QED) is 0.770. The first-order valence-electron chi connectivity index (χ1n) is 10.4. The van der Waals surface area contributed by atoms with Crippen LogP contribution in [0, 0.1) is 5.92 Å². The number of hydrogen-bond acceptors (Lipinski definition) is 4. The van der Waals surface area contributed by atoms with Gasteiger partial charge in [-0.25, -0.2) is 4.79 Å². The second kappa shape index (κ2) is 8.05. The van der Waals surface area contributed by atoms with E-state index in [1.54, 1.807) is 34.1 Å². The second-order valence-electron chi connectivity index (χ2n) is 8.51. The van der Waals surface area contributed by atoms with E-state index in [2.05, 4.69) is 0 Å². The van der Waals surface area contributed by atoms with Crippen LogP contribution in [0.4, 0.5) is 4.79 Å². The highest BCUT2D eigenvalue weighted by atomic mass is 16.3. The Kier molecular flexibility index (Phi) is 5.87. The number of nitrogens with zero attached hydrogens (tertiary/aromatic N) is 3. The third-order valence-electron chi connectivity index (χ3n) is 6.15. The van der Waals surface area contributed by atoms with Gasteiger partial charge in [0.1, 0.15) is 11.3 Å². The molecule has 1 atom stereocenters. The predicted octanol–water partition coefficient (Wildman–Crippen LogP) is 2.80. The number of aromatic hydroxyl groups is 1. The maximum atomic E-state index is 13.1. The third-order valence-corrected chi connectivity index (χ3v) is 6.15. The first kappa shape index (κ1) is 21.1. The van der Waals surface area contributed by atoms with Gasteiger partial charge in [-0.15, -0.1) is 0 Å². The molecule has 158 valence electrons. The zero-order chi connectivity index (χ0) is 21.3. The van der Waals surface area contributed by atoms with Gasteiger partial charge >= 0.3 is 6.03 Å². The van der Waals surface area contributed by atoms with E-state index in [0.717, 1.165) is 5.56 Å². The van der Waals surface area contributed by atoms with Gasteiger partial charge in [0, 0.05) is 26.2 Å². The van der Waals surface area contributed by atoms with Crippen LogP contribution in [-0.2, 0) is 9.59 Å². The van der Waals surface area contributed by atoms with E-state index in [1.165, 1.54) is 4.90 Å². The zero-order valence-corrected chi connectivity index (χ0v) is 17.7. The van der Waals surface area contributed by atoms with E-state index in [0.29, 0.717) is 39.0 Å². The molecule has 2 heterocycles. The lowest BCUT2D eigenvalue weighted by atomic mass is 9.84. The summed E-state index contributed by atoms with van der Waals surface area (Å²) in [5.41, 5.74) is 0.0226. The molecule has 7 heteroatoms. The van der Waals surface area contributed by atoms with Gasteiger partial charge < -0.3 is 14.9 Å². The second-order valence-corrected chi connectivity index (χ2v) is 8.51. The molecule has 1 spiro atoms. The van der Waals surface area contributed by atoms with Gasteiger partial charge in [0.05, 0.1) is 5.92 Å². The van der Waals surface area contributed by atoms with Crippen molar-refractivity contribution < 1.29 is 19.5 Å². The van der Waals surface area contributed by atoms with Crippen LogP contribution in [0.5, 0.6) is 5.75 Å². The summed E-state index contributed by atoms with van der Waals surface area (Å²) in [5.74, 6) is -0.0167. The van der Waals surface area contributed by atoms with E-state index in [4.69, 9.17) is 0 Å². The summed E-state index contributed by atoms with van der Waals surface area (Å²) in [6.07, 6.45) is 0.934. The van der Waals surface area contributed by atoms with Crippen LogP contribution in [0.1, 0.15) is 52.0 Å². The van der Waals surface area contributed by atoms with Gasteiger partial charge in [-0.2, -0.15) is 0 Å². The van der Waals surface area contributed by atoms with Crippen LogP contribution in [-0.4, -0.2) is 69.4 Å². The van der Waals surface area contributed by atoms with Gasteiger partial charge in [0.25, 0.3) is 5.91 Å². The Morgan fingerprint density at radius 2 is 1.69 bits per heavy atom. The molecule has 0 aromatic heterocycles. The standard InChI is InChI=1S/C22H31N3O4/c1-5-24-20(28)22(25(21(24)29)14-15(2)3)10-12-23(13-11-22)19(27)16(4)17-6-8-18(26)9-7-17/h6-9,15-16,26H,5,10-14H2,1-4H3. The van der Waals surface area contributed by atoms with Gasteiger partial charge in [0.15, 0.2) is 0 Å². The van der Waals surface area contributed by atoms with Crippen LogP contribution in [0.15, 0.2) is 24.3 Å². The maximum Gasteiger partial charge on any atom is 0.327 e. The Hall–Kier alpha value is -2.57. The van der Waals surface area contributed by atoms with Crippen molar-refractivity contribution in [2.24, 2.45) is 5.92 Å². The van der Waals surface area contributed by atoms with E-state index in [-0.39, 0.29) is 35.4 Å². The molecule has 3 rings (SSSR count). The normalized spacial score (nSPS) is 20.1. The fourth-order valence-electron chi connectivity index (χ4n) is 4.44. The van der Waals surface area contributed by atoms with E-state index in [9.17, 15) is 19.5 Å². The molecule has 0 radical (unpaired) electrons. The summed E-state index contributed by atoms with van der Waals surface area (Å²) in [4.78, 5) is 43.8. The number of rotatable bonds is 5. The molecule has 2 fully saturated rings. The number of likely N-dealkylation sites (N-methyl/N-ethyl adjacent to an activating group) is 1. The molecule has 0 aliphatic carbocycles. The Bertz CT molecular complexity index is 782. The van der Waals surface area contributed by atoms with Crippen molar-refractivity contribution in [1.29, 1.82) is 0 Å². The number of likely N-dealkylation sites (tertiary alicyclic amines) is 1. The molecular formula is C22H31N3O4. The largest absolute Gasteiger partial charge is 0.508 e. The minimum atomic E-state index is -0.823. The maximum absolute atomic E-state index is 13.1. The first-order chi connectivity index (χ1) is 13.7. The average Bonchev–Trinajstić information content (AvgIpc) is 2.89. The Morgan fingerprint density at radius 1 is 1.10 bits per heavy atom. The molecule has 7 nitrogen and oxygen atoms in total. The summed E-state index contributed by atoms with van der Waals surface area (Å²) in [5, 5.41) is 9.46.